The Labute approximate surface area is 121 Å². The monoisotopic (exact) mass is 281 g/mol. The lowest BCUT2D eigenvalue weighted by Crippen LogP contribution is -1.83. The molecule has 1 aromatic heterocycles. The maximum atomic E-state index is 10.8. The summed E-state index contributed by atoms with van der Waals surface area (Å²) in [5.74, 6) is 1.18. The summed E-state index contributed by atoms with van der Waals surface area (Å²) >= 11 is 0. The molecule has 0 aliphatic carbocycles. The van der Waals surface area contributed by atoms with Gasteiger partial charge < -0.3 is 0 Å². The van der Waals surface area contributed by atoms with E-state index in [-0.39, 0.29) is 10.5 Å². The van der Waals surface area contributed by atoms with Crippen LogP contribution in [0.15, 0.2) is 17.5 Å². The fraction of sp³-hybridized carbons (Fsp3) is 0.706. The Kier molecular flexibility index (Phi) is 9.70. The van der Waals surface area contributed by atoms with E-state index in [0.717, 1.165) is 11.2 Å². The van der Waals surface area contributed by atoms with E-state index in [0.29, 0.717) is 0 Å². The molecule has 0 aliphatic heterocycles. The second kappa shape index (κ2) is 11.2. The van der Waals surface area contributed by atoms with E-state index in [2.05, 4.69) is 12.3 Å². The molecule has 0 aliphatic rings. The van der Waals surface area contributed by atoms with Gasteiger partial charge in [0.2, 0.25) is 11.2 Å². The first-order valence-corrected chi connectivity index (χ1v) is 9.37. The molecule has 0 aromatic carbocycles. The third kappa shape index (κ3) is 7.51. The molecule has 0 saturated heterocycles. The average molecular weight is 281 g/mol. The van der Waals surface area contributed by atoms with Crippen LogP contribution in [0.25, 0.3) is 0 Å². The minimum atomic E-state index is 0.135. The van der Waals surface area contributed by atoms with Crippen molar-refractivity contribution in [2.75, 3.05) is 0 Å². The molecular formula is C17H29OS+. The van der Waals surface area contributed by atoms with Gasteiger partial charge in [0, 0.05) is 6.07 Å². The van der Waals surface area contributed by atoms with E-state index >= 15 is 0 Å². The van der Waals surface area contributed by atoms with Gasteiger partial charge in [0.05, 0.1) is 0 Å². The molecule has 19 heavy (non-hydrogen) atoms. The SMILES string of the molecule is CCCCCCCCCCCC[s+]1cccc1C=O. The molecule has 1 atom stereocenters. The predicted octanol–water partition coefficient (Wildman–Crippen LogP) is 6.17. The van der Waals surface area contributed by atoms with E-state index < -0.39 is 0 Å². The third-order valence-electron chi connectivity index (χ3n) is 3.64. The Morgan fingerprint density at radius 3 is 2.11 bits per heavy atom. The van der Waals surface area contributed by atoms with Gasteiger partial charge in [-0.25, -0.2) is 0 Å². The van der Waals surface area contributed by atoms with Crippen LogP contribution in [-0.2, 0) is 5.75 Å². The molecule has 0 amide bonds. The number of carbonyl (C=O) groups is 1. The quantitative estimate of drug-likeness (QED) is 0.254. The van der Waals surface area contributed by atoms with Crippen molar-refractivity contribution >= 4 is 16.8 Å². The molecule has 0 radical (unpaired) electrons. The lowest BCUT2D eigenvalue weighted by molar-refractivity contribution is 0.112. The topological polar surface area (TPSA) is 17.1 Å². The highest BCUT2D eigenvalue weighted by Crippen LogP contribution is 2.26. The number of aldehydes is 1. The summed E-state index contributed by atoms with van der Waals surface area (Å²) in [5, 5.41) is 2.19. The van der Waals surface area contributed by atoms with Crippen LogP contribution in [0, 0.1) is 0 Å². The van der Waals surface area contributed by atoms with Gasteiger partial charge >= 0.3 is 0 Å². The molecule has 0 spiro atoms. The largest absolute Gasteiger partial charge is 0.293 e. The van der Waals surface area contributed by atoms with E-state index in [9.17, 15) is 4.79 Å². The third-order valence-corrected chi connectivity index (χ3v) is 5.69. The summed E-state index contributed by atoms with van der Waals surface area (Å²) in [6, 6.07) is 4.00. The van der Waals surface area contributed by atoms with Gasteiger partial charge in [-0.3, -0.25) is 4.79 Å². The van der Waals surface area contributed by atoms with Gasteiger partial charge in [0.1, 0.15) is 11.1 Å². The average Bonchev–Trinajstić information content (AvgIpc) is 2.88. The fourth-order valence-electron chi connectivity index (χ4n) is 2.43. The number of aryl methyl sites for hydroxylation is 1. The maximum Gasteiger partial charge on any atom is 0.213 e. The maximum absolute atomic E-state index is 10.8. The molecule has 108 valence electrons. The zero-order chi connectivity index (χ0) is 13.8. The van der Waals surface area contributed by atoms with Crippen LogP contribution in [0.1, 0.15) is 80.8 Å². The molecule has 1 aromatic rings. The van der Waals surface area contributed by atoms with Crippen LogP contribution in [0.3, 0.4) is 0 Å². The lowest BCUT2D eigenvalue weighted by atomic mass is 10.1. The number of unbranched alkanes of at least 4 members (excludes halogenated alkanes) is 9. The van der Waals surface area contributed by atoms with Crippen molar-refractivity contribution in [1.29, 1.82) is 0 Å². The lowest BCUT2D eigenvalue weighted by Gasteiger charge is -2.00. The summed E-state index contributed by atoms with van der Waals surface area (Å²) in [6.07, 6.45) is 14.8. The summed E-state index contributed by atoms with van der Waals surface area (Å²) in [6.45, 7) is 2.27. The second-order valence-electron chi connectivity index (χ2n) is 5.33. The van der Waals surface area contributed by atoms with Gasteiger partial charge in [0.25, 0.3) is 0 Å². The standard InChI is InChI=1S/C17H29OS/c1-2-3-4-5-6-7-8-9-10-11-14-19-15-12-13-17(19)16-18/h12-13,15-16H,2-11,14H2,1H3/q+1. The van der Waals surface area contributed by atoms with Crippen LogP contribution in [0.4, 0.5) is 0 Å². The first-order valence-electron chi connectivity index (χ1n) is 7.92. The van der Waals surface area contributed by atoms with E-state index in [4.69, 9.17) is 0 Å². The number of carbonyl (C=O) groups excluding carboxylic acids is 1. The van der Waals surface area contributed by atoms with Crippen molar-refractivity contribution in [1.82, 2.24) is 0 Å². The van der Waals surface area contributed by atoms with E-state index in [1.807, 2.05) is 12.1 Å². The minimum absolute atomic E-state index is 0.135. The minimum Gasteiger partial charge on any atom is -0.293 e. The van der Waals surface area contributed by atoms with Crippen molar-refractivity contribution in [2.24, 2.45) is 0 Å². The molecular weight excluding hydrogens is 252 g/mol. The van der Waals surface area contributed by atoms with Gasteiger partial charge in [-0.05, 0) is 29.4 Å². The predicted molar refractivity (Wildman–Crippen MR) is 86.2 cm³/mol. The highest BCUT2D eigenvalue weighted by atomic mass is 32.2. The van der Waals surface area contributed by atoms with E-state index in [1.54, 1.807) is 0 Å². The molecule has 1 rings (SSSR count). The Morgan fingerprint density at radius 1 is 0.947 bits per heavy atom. The van der Waals surface area contributed by atoms with Crippen LogP contribution in [0.5, 0.6) is 0 Å². The molecule has 2 heteroatoms. The molecule has 0 bridgehead atoms. The summed E-state index contributed by atoms with van der Waals surface area (Å²) in [7, 11) is 0.135. The number of hydrogen-bond donors (Lipinski definition) is 0. The molecule has 0 fully saturated rings. The highest BCUT2D eigenvalue weighted by molar-refractivity contribution is 7.30. The van der Waals surface area contributed by atoms with Crippen molar-refractivity contribution in [3.05, 3.63) is 22.4 Å². The van der Waals surface area contributed by atoms with Crippen LogP contribution in [0.2, 0.25) is 0 Å². The van der Waals surface area contributed by atoms with Gasteiger partial charge in [-0.1, -0.05) is 58.3 Å². The molecule has 0 N–H and O–H groups in total. The summed E-state index contributed by atoms with van der Waals surface area (Å²) in [4.78, 5) is 11.8. The normalized spacial score (nSPS) is 11.7. The first-order chi connectivity index (χ1) is 9.38. The Bertz CT molecular complexity index is 330. The van der Waals surface area contributed by atoms with Gasteiger partial charge in [-0.15, -0.1) is 0 Å². The molecule has 1 heterocycles. The zero-order valence-electron chi connectivity index (χ0n) is 12.4. The smallest absolute Gasteiger partial charge is 0.213 e. The molecule has 1 unspecified atom stereocenters. The Hall–Kier alpha value is -0.630. The van der Waals surface area contributed by atoms with Crippen LogP contribution < -0.4 is 0 Å². The van der Waals surface area contributed by atoms with Crippen molar-refractivity contribution in [3.8, 4) is 0 Å². The van der Waals surface area contributed by atoms with Gasteiger partial charge in [0.15, 0.2) is 0 Å². The van der Waals surface area contributed by atoms with Crippen molar-refractivity contribution in [3.63, 3.8) is 0 Å². The number of rotatable bonds is 12. The van der Waals surface area contributed by atoms with Crippen molar-refractivity contribution in [2.45, 2.75) is 76.9 Å². The van der Waals surface area contributed by atoms with Gasteiger partial charge in [-0.2, -0.15) is 0 Å². The Balaban J connectivity index is 1.90. The fourth-order valence-corrected chi connectivity index (χ4v) is 4.12. The van der Waals surface area contributed by atoms with E-state index in [1.165, 1.54) is 70.0 Å². The second-order valence-corrected chi connectivity index (χ2v) is 7.34. The summed E-state index contributed by atoms with van der Waals surface area (Å²) in [5.41, 5.74) is 0. The van der Waals surface area contributed by atoms with Crippen LogP contribution in [-0.4, -0.2) is 6.29 Å². The molecule has 1 nitrogen and oxygen atoms in total. The summed E-state index contributed by atoms with van der Waals surface area (Å²) < 4.78 is 0. The number of hydrogen-bond acceptors (Lipinski definition) is 1. The highest BCUT2D eigenvalue weighted by Gasteiger charge is 2.10. The number of thiophene rings is 1. The van der Waals surface area contributed by atoms with Crippen LogP contribution >= 0.6 is 10.5 Å². The first kappa shape index (κ1) is 16.4. The zero-order valence-corrected chi connectivity index (χ0v) is 13.2. The Morgan fingerprint density at radius 2 is 1.53 bits per heavy atom. The van der Waals surface area contributed by atoms with Crippen molar-refractivity contribution < 1.29 is 4.79 Å². The molecule has 0 saturated carbocycles.